The van der Waals surface area contributed by atoms with Crippen molar-refractivity contribution >= 4 is 9.84 Å². The summed E-state index contributed by atoms with van der Waals surface area (Å²) in [4.78, 5) is 4.61. The Hall–Kier alpha value is -1.62. The van der Waals surface area contributed by atoms with Crippen LogP contribution in [0.3, 0.4) is 0 Å². The monoisotopic (exact) mass is 316 g/mol. The van der Waals surface area contributed by atoms with Crippen molar-refractivity contribution in [3.05, 3.63) is 42.4 Å². The summed E-state index contributed by atoms with van der Waals surface area (Å²) in [5, 5.41) is 0. The molecule has 1 aromatic heterocycles. The summed E-state index contributed by atoms with van der Waals surface area (Å²) in [6.07, 6.45) is 6.96. The highest BCUT2D eigenvalue weighted by molar-refractivity contribution is 7.90. The molecule has 1 heterocycles. The molecule has 0 saturated heterocycles. The maximum Gasteiger partial charge on any atom is 0.149 e. The summed E-state index contributed by atoms with van der Waals surface area (Å²) >= 11 is 0. The predicted octanol–water partition coefficient (Wildman–Crippen LogP) is 2.86. The van der Waals surface area contributed by atoms with Gasteiger partial charge in [0.2, 0.25) is 0 Å². The Morgan fingerprint density at radius 1 is 1.27 bits per heavy atom. The van der Waals surface area contributed by atoms with Gasteiger partial charge >= 0.3 is 0 Å². The number of hydrogen-bond acceptors (Lipinski definition) is 3. The van der Waals surface area contributed by atoms with Crippen molar-refractivity contribution in [2.45, 2.75) is 31.7 Å². The summed E-state index contributed by atoms with van der Waals surface area (Å²) in [6.45, 7) is 0.501. The van der Waals surface area contributed by atoms with Gasteiger partial charge in [0.05, 0.1) is 17.8 Å². The van der Waals surface area contributed by atoms with E-state index in [-0.39, 0.29) is 5.75 Å². The summed E-state index contributed by atoms with van der Waals surface area (Å²) in [7, 11) is -2.96. The number of nitrogens with zero attached hydrogens (tertiary/aromatic N) is 2. The molecule has 0 N–H and O–H groups in total. The number of aromatic nitrogens is 2. The maximum atomic E-state index is 11.5. The van der Waals surface area contributed by atoms with Gasteiger partial charge in [-0.15, -0.1) is 0 Å². The first-order valence-electron chi connectivity index (χ1n) is 7.77. The van der Waals surface area contributed by atoms with Gasteiger partial charge in [-0.1, -0.05) is 30.3 Å². The van der Waals surface area contributed by atoms with Crippen molar-refractivity contribution < 1.29 is 8.42 Å². The minimum Gasteiger partial charge on any atom is -0.333 e. The summed E-state index contributed by atoms with van der Waals surface area (Å²) in [5.41, 5.74) is 3.92. The Bertz CT molecular complexity index is 804. The zero-order valence-electron chi connectivity index (χ0n) is 12.7. The van der Waals surface area contributed by atoms with Gasteiger partial charge in [0, 0.05) is 30.0 Å². The molecule has 116 valence electrons. The van der Waals surface area contributed by atoms with E-state index in [1.807, 2.05) is 24.5 Å². The Morgan fingerprint density at radius 3 is 2.59 bits per heavy atom. The normalized spacial score (nSPS) is 22.0. The molecule has 2 saturated carbocycles. The fourth-order valence-electron chi connectivity index (χ4n) is 3.47. The first-order valence-corrected chi connectivity index (χ1v) is 9.83. The highest BCUT2D eigenvalue weighted by atomic mass is 32.2. The van der Waals surface area contributed by atoms with E-state index < -0.39 is 9.84 Å². The van der Waals surface area contributed by atoms with Crippen LogP contribution in [0.4, 0.5) is 0 Å². The van der Waals surface area contributed by atoms with E-state index in [4.69, 9.17) is 0 Å². The molecule has 1 atom stereocenters. The second-order valence-corrected chi connectivity index (χ2v) is 9.05. The van der Waals surface area contributed by atoms with Crippen LogP contribution in [0, 0.1) is 5.41 Å². The minimum atomic E-state index is -2.96. The molecule has 22 heavy (non-hydrogen) atoms. The van der Waals surface area contributed by atoms with Gasteiger partial charge in [0.25, 0.3) is 0 Å². The van der Waals surface area contributed by atoms with Crippen LogP contribution < -0.4 is 0 Å². The van der Waals surface area contributed by atoms with Crippen LogP contribution in [-0.2, 0) is 16.4 Å². The first kappa shape index (κ1) is 14.0. The van der Waals surface area contributed by atoms with Crippen molar-refractivity contribution in [3.63, 3.8) is 0 Å². The standard InChI is InChI=1S/C17H20N2O2S/c1-22(20,21)10-9-19-12-18-15(13-5-3-2-4-6-13)16(19)14-11-17(14)7-8-17/h2-6,12,14H,7-11H2,1H3. The van der Waals surface area contributed by atoms with E-state index in [1.54, 1.807) is 0 Å². The van der Waals surface area contributed by atoms with Gasteiger partial charge in [0.15, 0.2) is 0 Å². The largest absolute Gasteiger partial charge is 0.333 e. The highest BCUT2D eigenvalue weighted by Gasteiger charge is 2.64. The average Bonchev–Trinajstić information content (AvgIpc) is 3.37. The lowest BCUT2D eigenvalue weighted by molar-refractivity contribution is 0.592. The third-order valence-electron chi connectivity index (χ3n) is 5.04. The first-order chi connectivity index (χ1) is 10.5. The number of aryl methyl sites for hydroxylation is 1. The highest BCUT2D eigenvalue weighted by Crippen LogP contribution is 2.75. The van der Waals surface area contributed by atoms with E-state index >= 15 is 0 Å². The molecule has 0 aliphatic heterocycles. The number of imidazole rings is 1. The molecule has 2 aliphatic carbocycles. The Kier molecular flexibility index (Phi) is 2.98. The van der Waals surface area contributed by atoms with E-state index in [0.717, 1.165) is 11.3 Å². The van der Waals surface area contributed by atoms with Crippen LogP contribution in [0.5, 0.6) is 0 Å². The number of benzene rings is 1. The minimum absolute atomic E-state index is 0.171. The van der Waals surface area contributed by atoms with E-state index in [1.165, 1.54) is 31.2 Å². The quantitative estimate of drug-likeness (QED) is 0.852. The van der Waals surface area contributed by atoms with Crippen molar-refractivity contribution in [3.8, 4) is 11.3 Å². The second kappa shape index (κ2) is 4.69. The van der Waals surface area contributed by atoms with Crippen LogP contribution in [0.25, 0.3) is 11.3 Å². The molecular formula is C17H20N2O2S. The van der Waals surface area contributed by atoms with Crippen molar-refractivity contribution in [1.29, 1.82) is 0 Å². The molecule has 1 aromatic carbocycles. The predicted molar refractivity (Wildman–Crippen MR) is 86.4 cm³/mol. The molecule has 0 radical (unpaired) electrons. The lowest BCUT2D eigenvalue weighted by atomic mass is 10.1. The van der Waals surface area contributed by atoms with Gasteiger partial charge in [-0.2, -0.15) is 0 Å². The van der Waals surface area contributed by atoms with Gasteiger partial charge in [-0.25, -0.2) is 13.4 Å². The van der Waals surface area contributed by atoms with Crippen LogP contribution in [0.15, 0.2) is 36.7 Å². The molecule has 1 unspecified atom stereocenters. The molecule has 0 amide bonds. The number of sulfone groups is 1. The zero-order chi connectivity index (χ0) is 15.4. The zero-order valence-corrected chi connectivity index (χ0v) is 13.5. The maximum absolute atomic E-state index is 11.5. The Balaban J connectivity index is 1.71. The van der Waals surface area contributed by atoms with Crippen LogP contribution in [-0.4, -0.2) is 30.0 Å². The number of hydrogen-bond donors (Lipinski definition) is 0. The summed E-state index contributed by atoms with van der Waals surface area (Å²) < 4.78 is 25.0. The Labute approximate surface area is 131 Å². The third-order valence-corrected chi connectivity index (χ3v) is 5.96. The summed E-state index contributed by atoms with van der Waals surface area (Å²) in [6, 6.07) is 10.2. The lowest BCUT2D eigenvalue weighted by Gasteiger charge is -2.10. The van der Waals surface area contributed by atoms with E-state index in [0.29, 0.717) is 17.9 Å². The fraction of sp³-hybridized carbons (Fsp3) is 0.471. The van der Waals surface area contributed by atoms with Crippen molar-refractivity contribution in [1.82, 2.24) is 9.55 Å². The smallest absolute Gasteiger partial charge is 0.149 e. The van der Waals surface area contributed by atoms with Crippen LogP contribution in [0.2, 0.25) is 0 Å². The van der Waals surface area contributed by atoms with Crippen molar-refractivity contribution in [2.75, 3.05) is 12.0 Å². The molecular weight excluding hydrogens is 296 g/mol. The van der Waals surface area contributed by atoms with Crippen molar-refractivity contribution in [2.24, 2.45) is 5.41 Å². The molecule has 2 fully saturated rings. The molecule has 2 aromatic rings. The third kappa shape index (κ3) is 2.47. The van der Waals surface area contributed by atoms with Crippen LogP contribution >= 0.6 is 0 Å². The molecule has 1 spiro atoms. The molecule has 4 rings (SSSR count). The Morgan fingerprint density at radius 2 is 2.00 bits per heavy atom. The second-order valence-electron chi connectivity index (χ2n) is 6.79. The van der Waals surface area contributed by atoms with Crippen LogP contribution in [0.1, 0.15) is 30.9 Å². The number of rotatable bonds is 5. The summed E-state index contributed by atoms with van der Waals surface area (Å²) in [5.74, 6) is 0.731. The van der Waals surface area contributed by atoms with Gasteiger partial charge < -0.3 is 4.57 Å². The molecule has 4 nitrogen and oxygen atoms in total. The fourth-order valence-corrected chi connectivity index (χ4v) is 3.99. The molecule has 0 bridgehead atoms. The van der Waals surface area contributed by atoms with Gasteiger partial charge in [-0.05, 0) is 24.7 Å². The molecule has 2 aliphatic rings. The van der Waals surface area contributed by atoms with E-state index in [2.05, 4.69) is 21.7 Å². The van der Waals surface area contributed by atoms with Gasteiger partial charge in [0.1, 0.15) is 9.84 Å². The lowest BCUT2D eigenvalue weighted by Crippen LogP contribution is -2.12. The SMILES string of the molecule is CS(=O)(=O)CCn1cnc(-c2ccccc2)c1C1CC12CC2. The van der Waals surface area contributed by atoms with Gasteiger partial charge in [-0.3, -0.25) is 0 Å². The van der Waals surface area contributed by atoms with E-state index in [9.17, 15) is 8.42 Å². The topological polar surface area (TPSA) is 52.0 Å². The molecule has 5 heteroatoms. The average molecular weight is 316 g/mol.